The summed E-state index contributed by atoms with van der Waals surface area (Å²) in [5.74, 6) is 0.652. The number of pyridine rings is 1. The van der Waals surface area contributed by atoms with Crippen molar-refractivity contribution in [1.29, 1.82) is 0 Å². The lowest BCUT2D eigenvalue weighted by molar-refractivity contribution is -0.250. The van der Waals surface area contributed by atoms with E-state index in [1.807, 2.05) is 24.3 Å². The number of fused-ring (bicyclic) bond motifs is 5. The minimum Gasteiger partial charge on any atom is -0.292 e. The molecule has 5 heteroatoms. The molecule has 0 amide bonds. The van der Waals surface area contributed by atoms with Crippen LogP contribution in [0.3, 0.4) is 0 Å². The lowest BCUT2D eigenvalue weighted by Gasteiger charge is -2.39. The lowest BCUT2D eigenvalue weighted by Crippen LogP contribution is -2.29. The van der Waals surface area contributed by atoms with Crippen LogP contribution < -0.4 is 0 Å². The second-order valence-corrected chi connectivity index (χ2v) is 9.49. The largest absolute Gasteiger partial charge is 0.373 e. The van der Waals surface area contributed by atoms with Gasteiger partial charge >= 0.3 is 5.97 Å². The highest BCUT2D eigenvalue weighted by atomic mass is 35.5. The Hall–Kier alpha value is -2.95. The van der Waals surface area contributed by atoms with E-state index in [9.17, 15) is 4.79 Å². The molecule has 0 fully saturated rings. The molecule has 0 N–H and O–H groups in total. The first-order valence-corrected chi connectivity index (χ1v) is 11.9. The Bertz CT molecular complexity index is 1240. The highest BCUT2D eigenvalue weighted by Gasteiger charge is 2.35. The van der Waals surface area contributed by atoms with Gasteiger partial charge < -0.3 is 0 Å². The number of halogens is 1. The molecule has 1 aromatic heterocycles. The maximum Gasteiger partial charge on any atom is 0.373 e. The minimum atomic E-state index is -0.444. The van der Waals surface area contributed by atoms with Gasteiger partial charge in [-0.15, -0.1) is 12.4 Å². The molecular formula is C29H28ClNO3. The Labute approximate surface area is 206 Å². The summed E-state index contributed by atoms with van der Waals surface area (Å²) < 4.78 is 0. The van der Waals surface area contributed by atoms with E-state index in [1.54, 1.807) is 12.4 Å². The van der Waals surface area contributed by atoms with Crippen LogP contribution in [0.4, 0.5) is 0 Å². The van der Waals surface area contributed by atoms with Gasteiger partial charge in [-0.05, 0) is 102 Å². The molecule has 2 unspecified atom stereocenters. The summed E-state index contributed by atoms with van der Waals surface area (Å²) in [6.45, 7) is 0.186. The SMILES string of the molecule is Cl.O=C(OOCc1cccnc1)c1ccc2c(c1)C1Cc3cc4c(cc3CC1CC2)CC=CC4. The summed E-state index contributed by atoms with van der Waals surface area (Å²) in [6, 6.07) is 14.7. The van der Waals surface area contributed by atoms with Gasteiger partial charge in [0.1, 0.15) is 6.61 Å². The number of allylic oxidation sites excluding steroid dienone is 2. The van der Waals surface area contributed by atoms with E-state index in [2.05, 4.69) is 35.3 Å². The number of aromatic nitrogens is 1. The van der Waals surface area contributed by atoms with Crippen molar-refractivity contribution in [3.8, 4) is 0 Å². The van der Waals surface area contributed by atoms with Gasteiger partial charge in [-0.25, -0.2) is 4.79 Å². The fourth-order valence-corrected chi connectivity index (χ4v) is 5.79. The zero-order valence-electron chi connectivity index (χ0n) is 19.0. The summed E-state index contributed by atoms with van der Waals surface area (Å²) >= 11 is 0. The normalized spacial score (nSPS) is 19.6. The van der Waals surface area contributed by atoms with E-state index < -0.39 is 5.97 Å². The summed E-state index contributed by atoms with van der Waals surface area (Å²) in [5.41, 5.74) is 10.1. The zero-order chi connectivity index (χ0) is 22.2. The summed E-state index contributed by atoms with van der Waals surface area (Å²) in [7, 11) is 0. The molecule has 1 heterocycles. The van der Waals surface area contributed by atoms with Crippen LogP contribution in [0, 0.1) is 5.92 Å². The highest BCUT2D eigenvalue weighted by molar-refractivity contribution is 5.89. The van der Waals surface area contributed by atoms with E-state index in [0.717, 1.165) is 37.7 Å². The quantitative estimate of drug-likeness (QED) is 0.269. The van der Waals surface area contributed by atoms with Gasteiger partial charge in [0, 0.05) is 18.0 Å². The van der Waals surface area contributed by atoms with Crippen molar-refractivity contribution in [1.82, 2.24) is 4.98 Å². The Morgan fingerprint density at radius 2 is 1.74 bits per heavy atom. The van der Waals surface area contributed by atoms with E-state index in [0.29, 0.717) is 17.4 Å². The van der Waals surface area contributed by atoms with Crippen LogP contribution >= 0.6 is 12.4 Å². The van der Waals surface area contributed by atoms with Gasteiger partial charge in [-0.1, -0.05) is 36.4 Å². The van der Waals surface area contributed by atoms with Crippen molar-refractivity contribution in [3.05, 3.63) is 112 Å². The second-order valence-electron chi connectivity index (χ2n) is 9.49. The number of nitrogens with zero attached hydrogens (tertiary/aromatic N) is 1. The Balaban J connectivity index is 0.00000241. The van der Waals surface area contributed by atoms with Crippen LogP contribution in [0.5, 0.6) is 0 Å². The van der Waals surface area contributed by atoms with Crippen LogP contribution in [-0.4, -0.2) is 11.0 Å². The van der Waals surface area contributed by atoms with Crippen LogP contribution in [-0.2, 0) is 48.5 Å². The second kappa shape index (κ2) is 9.73. The van der Waals surface area contributed by atoms with E-state index in [4.69, 9.17) is 9.78 Å². The number of carbonyl (C=O) groups excluding carboxylic acids is 1. The monoisotopic (exact) mass is 473 g/mol. The zero-order valence-corrected chi connectivity index (χ0v) is 19.9. The average molecular weight is 474 g/mol. The van der Waals surface area contributed by atoms with Gasteiger partial charge in [0.05, 0.1) is 5.56 Å². The van der Waals surface area contributed by atoms with Crippen molar-refractivity contribution >= 4 is 18.4 Å². The van der Waals surface area contributed by atoms with Crippen molar-refractivity contribution < 1.29 is 14.6 Å². The maximum atomic E-state index is 12.7. The predicted molar refractivity (Wildman–Crippen MR) is 133 cm³/mol. The third-order valence-corrected chi connectivity index (χ3v) is 7.50. The number of aryl methyl sites for hydroxylation is 1. The van der Waals surface area contributed by atoms with Crippen LogP contribution in [0.15, 0.2) is 67.0 Å². The Morgan fingerprint density at radius 3 is 2.50 bits per heavy atom. The van der Waals surface area contributed by atoms with Gasteiger partial charge in [0.2, 0.25) is 0 Å². The van der Waals surface area contributed by atoms with E-state index >= 15 is 0 Å². The summed E-state index contributed by atoms with van der Waals surface area (Å²) in [5, 5.41) is 0. The fourth-order valence-electron chi connectivity index (χ4n) is 5.79. The first-order chi connectivity index (χ1) is 16.2. The summed E-state index contributed by atoms with van der Waals surface area (Å²) in [6.07, 6.45) is 14.6. The summed E-state index contributed by atoms with van der Waals surface area (Å²) in [4.78, 5) is 27.0. The van der Waals surface area contributed by atoms with Gasteiger partial charge in [-0.2, -0.15) is 4.89 Å². The number of benzene rings is 2. The van der Waals surface area contributed by atoms with Gasteiger partial charge in [0.25, 0.3) is 0 Å². The lowest BCUT2D eigenvalue weighted by atomic mass is 9.65. The minimum absolute atomic E-state index is 0. The van der Waals surface area contributed by atoms with Crippen LogP contribution in [0.25, 0.3) is 0 Å². The maximum absolute atomic E-state index is 12.7. The molecule has 3 aliphatic carbocycles. The molecule has 3 aromatic rings. The molecule has 6 rings (SSSR count). The van der Waals surface area contributed by atoms with E-state index in [1.165, 1.54) is 39.8 Å². The third kappa shape index (κ3) is 4.40. The average Bonchev–Trinajstić information content (AvgIpc) is 2.86. The molecule has 4 nitrogen and oxygen atoms in total. The fraction of sp³-hybridized carbons (Fsp3) is 0.310. The first-order valence-electron chi connectivity index (χ1n) is 11.9. The predicted octanol–water partition coefficient (Wildman–Crippen LogP) is 5.89. The third-order valence-electron chi connectivity index (χ3n) is 7.50. The standard InChI is InChI=1S/C29H27NO3.ClH/c31-29(33-32-18-19-4-3-11-30-17-19)24-10-8-20-7-9-23-14-25-12-21-5-1-2-6-22(21)13-26(25)16-28(23)27(20)15-24;/h1-4,8,10-13,15,17,23,28H,5-7,9,14,16,18H2;1H. The topological polar surface area (TPSA) is 48.4 Å². The molecule has 0 bridgehead atoms. The Morgan fingerprint density at radius 1 is 0.941 bits per heavy atom. The molecule has 0 saturated carbocycles. The van der Waals surface area contributed by atoms with Crippen molar-refractivity contribution in [2.75, 3.05) is 0 Å². The molecule has 0 spiro atoms. The number of hydrogen-bond acceptors (Lipinski definition) is 4. The highest BCUT2D eigenvalue weighted by Crippen LogP contribution is 2.45. The number of hydrogen-bond donors (Lipinski definition) is 0. The van der Waals surface area contributed by atoms with Crippen LogP contribution in [0.1, 0.15) is 61.6 Å². The van der Waals surface area contributed by atoms with Crippen molar-refractivity contribution in [2.24, 2.45) is 5.92 Å². The first kappa shape index (κ1) is 22.8. The molecule has 2 aromatic carbocycles. The van der Waals surface area contributed by atoms with Gasteiger partial charge in [-0.3, -0.25) is 9.87 Å². The van der Waals surface area contributed by atoms with Crippen LogP contribution in [0.2, 0.25) is 0 Å². The molecule has 174 valence electrons. The Kier molecular flexibility index (Phi) is 6.53. The molecule has 0 saturated heterocycles. The molecule has 0 radical (unpaired) electrons. The van der Waals surface area contributed by atoms with E-state index in [-0.39, 0.29) is 19.0 Å². The molecule has 0 aliphatic heterocycles. The molecule has 3 aliphatic rings. The molecule has 34 heavy (non-hydrogen) atoms. The molecule has 2 atom stereocenters. The number of rotatable bonds is 4. The number of carbonyl (C=O) groups is 1. The molecular weight excluding hydrogens is 446 g/mol. The van der Waals surface area contributed by atoms with Gasteiger partial charge in [0.15, 0.2) is 0 Å². The smallest absolute Gasteiger partial charge is 0.292 e. The van der Waals surface area contributed by atoms with Crippen molar-refractivity contribution in [2.45, 2.75) is 51.0 Å². The van der Waals surface area contributed by atoms with Crippen molar-refractivity contribution in [3.63, 3.8) is 0 Å².